The molecule has 2 aromatic carbocycles. The quantitative estimate of drug-likeness (QED) is 0.616. The second-order valence-electron chi connectivity index (χ2n) is 5.87. The smallest absolute Gasteiger partial charge is 0.267 e. The standard InChI is InChI=1S/C20H20FN3O/c1-14(2)18-5-3-4-6-19(18)24-20(25)16(11-22)13-23-12-15-7-9-17(21)10-8-15/h3-10,13-14,23H,12H2,1-2H3,(H,24,25)/b16-13-. The summed E-state index contributed by atoms with van der Waals surface area (Å²) >= 11 is 0. The topological polar surface area (TPSA) is 64.9 Å². The second kappa shape index (κ2) is 8.65. The van der Waals surface area contributed by atoms with Crippen LogP contribution in [0.3, 0.4) is 0 Å². The predicted octanol–water partition coefficient (Wildman–Crippen LogP) is 4.08. The highest BCUT2D eigenvalue weighted by Crippen LogP contribution is 2.23. The zero-order valence-corrected chi connectivity index (χ0v) is 14.2. The van der Waals surface area contributed by atoms with E-state index in [1.54, 1.807) is 12.1 Å². The van der Waals surface area contributed by atoms with Crippen LogP contribution in [0.15, 0.2) is 60.3 Å². The summed E-state index contributed by atoms with van der Waals surface area (Å²) in [6.45, 7) is 4.47. The lowest BCUT2D eigenvalue weighted by Gasteiger charge is -2.13. The van der Waals surface area contributed by atoms with E-state index in [4.69, 9.17) is 0 Å². The van der Waals surface area contributed by atoms with Crippen LogP contribution in [0, 0.1) is 17.1 Å². The molecule has 2 rings (SSSR count). The zero-order valence-electron chi connectivity index (χ0n) is 14.2. The Labute approximate surface area is 147 Å². The highest BCUT2D eigenvalue weighted by molar-refractivity contribution is 6.06. The lowest BCUT2D eigenvalue weighted by Crippen LogP contribution is -2.17. The van der Waals surface area contributed by atoms with Crippen molar-refractivity contribution in [1.29, 1.82) is 5.26 Å². The molecule has 5 heteroatoms. The first-order valence-corrected chi connectivity index (χ1v) is 7.99. The molecule has 2 N–H and O–H groups in total. The van der Waals surface area contributed by atoms with Gasteiger partial charge in [-0.25, -0.2) is 4.39 Å². The van der Waals surface area contributed by atoms with Gasteiger partial charge in [-0.3, -0.25) is 4.79 Å². The van der Waals surface area contributed by atoms with Crippen LogP contribution >= 0.6 is 0 Å². The molecule has 1 amide bonds. The Kier molecular flexibility index (Phi) is 6.30. The minimum Gasteiger partial charge on any atom is -0.386 e. The minimum atomic E-state index is -0.470. The van der Waals surface area contributed by atoms with Crippen molar-refractivity contribution in [3.05, 3.63) is 77.2 Å². The number of benzene rings is 2. The maximum absolute atomic E-state index is 12.9. The molecule has 2 aromatic rings. The number of nitriles is 1. The van der Waals surface area contributed by atoms with E-state index in [1.165, 1.54) is 18.3 Å². The van der Waals surface area contributed by atoms with E-state index in [1.807, 2.05) is 44.2 Å². The van der Waals surface area contributed by atoms with Crippen LogP contribution in [0.5, 0.6) is 0 Å². The molecule has 0 heterocycles. The van der Waals surface area contributed by atoms with E-state index in [-0.39, 0.29) is 17.3 Å². The molecule has 0 bridgehead atoms. The number of nitrogens with one attached hydrogen (secondary N) is 2. The van der Waals surface area contributed by atoms with E-state index in [9.17, 15) is 14.4 Å². The van der Waals surface area contributed by atoms with Crippen LogP contribution in [0.4, 0.5) is 10.1 Å². The Bertz CT molecular complexity index is 804. The second-order valence-corrected chi connectivity index (χ2v) is 5.87. The fourth-order valence-electron chi connectivity index (χ4n) is 2.33. The summed E-state index contributed by atoms with van der Waals surface area (Å²) in [5.74, 6) is -0.523. The van der Waals surface area contributed by atoms with Crippen molar-refractivity contribution in [3.8, 4) is 6.07 Å². The normalized spacial score (nSPS) is 11.1. The summed E-state index contributed by atoms with van der Waals surface area (Å²) in [6, 6.07) is 15.4. The summed E-state index contributed by atoms with van der Waals surface area (Å²) in [4.78, 5) is 12.3. The predicted molar refractivity (Wildman–Crippen MR) is 96.1 cm³/mol. The van der Waals surface area contributed by atoms with E-state index < -0.39 is 5.91 Å². The monoisotopic (exact) mass is 337 g/mol. The third-order valence-electron chi connectivity index (χ3n) is 3.66. The van der Waals surface area contributed by atoms with Crippen LogP contribution in [0.1, 0.15) is 30.9 Å². The largest absolute Gasteiger partial charge is 0.386 e. The molecule has 0 unspecified atom stereocenters. The number of hydrogen-bond acceptors (Lipinski definition) is 3. The lowest BCUT2D eigenvalue weighted by atomic mass is 10.0. The summed E-state index contributed by atoms with van der Waals surface area (Å²) in [5.41, 5.74) is 2.52. The number of amides is 1. The first-order valence-electron chi connectivity index (χ1n) is 7.99. The maximum atomic E-state index is 12.9. The number of anilines is 1. The van der Waals surface area contributed by atoms with Gasteiger partial charge in [-0.2, -0.15) is 5.26 Å². The van der Waals surface area contributed by atoms with Crippen molar-refractivity contribution in [1.82, 2.24) is 5.32 Å². The van der Waals surface area contributed by atoms with Crippen molar-refractivity contribution in [2.45, 2.75) is 26.3 Å². The SMILES string of the molecule is CC(C)c1ccccc1NC(=O)/C(C#N)=C\NCc1ccc(F)cc1. The molecular formula is C20H20FN3O. The molecule has 0 aliphatic heterocycles. The summed E-state index contributed by atoms with van der Waals surface area (Å²) < 4.78 is 12.9. The van der Waals surface area contributed by atoms with Gasteiger partial charge in [0.25, 0.3) is 5.91 Å². The molecule has 0 radical (unpaired) electrons. The number of rotatable bonds is 6. The minimum absolute atomic E-state index is 0.0272. The van der Waals surface area contributed by atoms with Crippen LogP contribution in [-0.2, 0) is 11.3 Å². The fraction of sp³-hybridized carbons (Fsp3) is 0.200. The molecule has 4 nitrogen and oxygen atoms in total. The van der Waals surface area contributed by atoms with Crippen LogP contribution in [0.2, 0.25) is 0 Å². The molecule has 25 heavy (non-hydrogen) atoms. The molecule has 0 fully saturated rings. The Balaban J connectivity index is 2.03. The molecule has 0 aliphatic rings. The van der Waals surface area contributed by atoms with Crippen LogP contribution < -0.4 is 10.6 Å². The Morgan fingerprint density at radius 1 is 1.20 bits per heavy atom. The molecule has 0 aromatic heterocycles. The number of carbonyl (C=O) groups excluding carboxylic acids is 1. The Morgan fingerprint density at radius 3 is 2.52 bits per heavy atom. The average Bonchev–Trinajstić information content (AvgIpc) is 2.60. The molecular weight excluding hydrogens is 317 g/mol. The van der Waals surface area contributed by atoms with Gasteiger partial charge in [-0.1, -0.05) is 44.2 Å². The average molecular weight is 337 g/mol. The van der Waals surface area contributed by atoms with Gasteiger partial charge in [0.05, 0.1) is 0 Å². The third-order valence-corrected chi connectivity index (χ3v) is 3.66. The van der Waals surface area contributed by atoms with Crippen molar-refractivity contribution < 1.29 is 9.18 Å². The van der Waals surface area contributed by atoms with E-state index in [0.717, 1.165) is 11.1 Å². The number of halogens is 1. The fourth-order valence-corrected chi connectivity index (χ4v) is 2.33. The molecule has 0 atom stereocenters. The highest BCUT2D eigenvalue weighted by atomic mass is 19.1. The van der Waals surface area contributed by atoms with Crippen molar-refractivity contribution in [2.75, 3.05) is 5.32 Å². The Morgan fingerprint density at radius 2 is 1.88 bits per heavy atom. The Hall–Kier alpha value is -3.13. The first kappa shape index (κ1) is 18.2. The number of carbonyl (C=O) groups is 1. The van der Waals surface area contributed by atoms with Gasteiger partial charge in [-0.05, 0) is 35.2 Å². The third kappa shape index (κ3) is 5.18. The highest BCUT2D eigenvalue weighted by Gasteiger charge is 2.12. The molecule has 128 valence electrons. The van der Waals surface area contributed by atoms with Crippen molar-refractivity contribution in [2.24, 2.45) is 0 Å². The van der Waals surface area contributed by atoms with Gasteiger partial charge >= 0.3 is 0 Å². The van der Waals surface area contributed by atoms with E-state index in [0.29, 0.717) is 12.2 Å². The maximum Gasteiger partial charge on any atom is 0.267 e. The van der Waals surface area contributed by atoms with Crippen molar-refractivity contribution in [3.63, 3.8) is 0 Å². The van der Waals surface area contributed by atoms with Gasteiger partial charge in [0.15, 0.2) is 0 Å². The molecule has 0 aliphatic carbocycles. The molecule has 0 saturated heterocycles. The van der Waals surface area contributed by atoms with Crippen LogP contribution in [0.25, 0.3) is 0 Å². The molecule has 0 spiro atoms. The summed E-state index contributed by atoms with van der Waals surface area (Å²) in [5, 5.41) is 14.9. The van der Waals surface area contributed by atoms with Crippen LogP contribution in [-0.4, -0.2) is 5.91 Å². The van der Waals surface area contributed by atoms with E-state index in [2.05, 4.69) is 10.6 Å². The van der Waals surface area contributed by atoms with Gasteiger partial charge in [0, 0.05) is 18.4 Å². The van der Waals surface area contributed by atoms with Gasteiger partial charge in [-0.15, -0.1) is 0 Å². The first-order chi connectivity index (χ1) is 12.0. The number of nitrogens with zero attached hydrogens (tertiary/aromatic N) is 1. The summed E-state index contributed by atoms with van der Waals surface area (Å²) in [7, 11) is 0. The number of para-hydroxylation sites is 1. The number of hydrogen-bond donors (Lipinski definition) is 2. The summed E-state index contributed by atoms with van der Waals surface area (Å²) in [6.07, 6.45) is 1.37. The lowest BCUT2D eigenvalue weighted by molar-refractivity contribution is -0.112. The molecule has 0 saturated carbocycles. The van der Waals surface area contributed by atoms with Gasteiger partial charge < -0.3 is 10.6 Å². The zero-order chi connectivity index (χ0) is 18.2. The van der Waals surface area contributed by atoms with Crippen molar-refractivity contribution >= 4 is 11.6 Å². The van der Waals surface area contributed by atoms with E-state index >= 15 is 0 Å². The van der Waals surface area contributed by atoms with Gasteiger partial charge in [0.1, 0.15) is 17.5 Å². The van der Waals surface area contributed by atoms with Gasteiger partial charge in [0.2, 0.25) is 0 Å².